The van der Waals surface area contributed by atoms with Crippen molar-refractivity contribution in [3.05, 3.63) is 88.0 Å². The van der Waals surface area contributed by atoms with Gasteiger partial charge in [0.1, 0.15) is 11.5 Å². The molecule has 4 nitrogen and oxygen atoms in total. The van der Waals surface area contributed by atoms with Crippen LogP contribution < -0.4 is 0 Å². The van der Waals surface area contributed by atoms with Crippen LogP contribution in [0, 0.1) is 0 Å². The molecule has 0 radical (unpaired) electrons. The monoisotopic (exact) mass is 395 g/mol. The van der Waals surface area contributed by atoms with Gasteiger partial charge in [0.2, 0.25) is 0 Å². The van der Waals surface area contributed by atoms with Gasteiger partial charge in [-0.3, -0.25) is 14.5 Å². The fourth-order valence-electron chi connectivity index (χ4n) is 2.75. The highest BCUT2D eigenvalue weighted by Gasteiger charge is 2.35. The SMILES string of the molecule is O=C1S/C(=C\c2ccc(-c3ccccc3)o2)C(=O)N1Cc1ccccc1Cl. The highest BCUT2D eigenvalue weighted by atomic mass is 35.5. The van der Waals surface area contributed by atoms with Crippen molar-refractivity contribution in [3.63, 3.8) is 0 Å². The molecule has 0 atom stereocenters. The number of halogens is 1. The molecule has 1 aromatic heterocycles. The predicted octanol–water partition coefficient (Wildman–Crippen LogP) is 5.84. The van der Waals surface area contributed by atoms with Crippen molar-refractivity contribution in [3.8, 4) is 11.3 Å². The lowest BCUT2D eigenvalue weighted by Crippen LogP contribution is -2.27. The summed E-state index contributed by atoms with van der Waals surface area (Å²) in [5.74, 6) is 0.886. The number of amides is 2. The molecule has 0 N–H and O–H groups in total. The number of carbonyl (C=O) groups is 2. The minimum atomic E-state index is -0.345. The molecular formula is C21H14ClNO3S. The standard InChI is InChI=1S/C21H14ClNO3S/c22-17-9-5-4-8-15(17)13-23-20(24)19(27-21(23)25)12-16-10-11-18(26-16)14-6-2-1-3-7-14/h1-12H,13H2/b19-12-. The maximum atomic E-state index is 12.6. The lowest BCUT2D eigenvalue weighted by molar-refractivity contribution is -0.123. The zero-order chi connectivity index (χ0) is 18.8. The van der Waals surface area contributed by atoms with Gasteiger partial charge in [0.05, 0.1) is 11.4 Å². The van der Waals surface area contributed by atoms with E-state index >= 15 is 0 Å². The van der Waals surface area contributed by atoms with Crippen LogP contribution in [0.2, 0.25) is 5.02 Å². The fourth-order valence-corrected chi connectivity index (χ4v) is 3.76. The molecule has 6 heteroatoms. The third-order valence-electron chi connectivity index (χ3n) is 4.12. The van der Waals surface area contributed by atoms with Crippen LogP contribution >= 0.6 is 23.4 Å². The molecule has 1 aliphatic heterocycles. The van der Waals surface area contributed by atoms with E-state index in [1.165, 1.54) is 4.90 Å². The summed E-state index contributed by atoms with van der Waals surface area (Å²) in [6.07, 6.45) is 1.60. The summed E-state index contributed by atoms with van der Waals surface area (Å²) < 4.78 is 5.79. The van der Waals surface area contributed by atoms with Gasteiger partial charge in [-0.2, -0.15) is 0 Å². The lowest BCUT2D eigenvalue weighted by atomic mass is 10.2. The molecule has 0 unspecified atom stereocenters. The maximum absolute atomic E-state index is 12.6. The highest BCUT2D eigenvalue weighted by molar-refractivity contribution is 8.18. The number of rotatable bonds is 4. The summed E-state index contributed by atoms with van der Waals surface area (Å²) in [5.41, 5.74) is 1.68. The Labute approximate surface area is 165 Å². The molecule has 134 valence electrons. The van der Waals surface area contributed by atoms with Crippen LogP contribution in [0.25, 0.3) is 17.4 Å². The Bertz CT molecular complexity index is 1040. The largest absolute Gasteiger partial charge is 0.457 e. The summed E-state index contributed by atoms with van der Waals surface area (Å²) in [6, 6.07) is 20.5. The van der Waals surface area contributed by atoms with E-state index in [1.54, 1.807) is 30.3 Å². The van der Waals surface area contributed by atoms with Crippen molar-refractivity contribution in [1.82, 2.24) is 4.90 Å². The number of carbonyl (C=O) groups excluding carboxylic acids is 2. The number of hydrogen-bond donors (Lipinski definition) is 0. The molecule has 1 fully saturated rings. The van der Waals surface area contributed by atoms with E-state index in [9.17, 15) is 9.59 Å². The Hall–Kier alpha value is -2.76. The molecule has 0 saturated carbocycles. The third kappa shape index (κ3) is 3.70. The topological polar surface area (TPSA) is 50.5 Å². The number of imide groups is 1. The van der Waals surface area contributed by atoms with Crippen molar-refractivity contribution in [1.29, 1.82) is 0 Å². The van der Waals surface area contributed by atoms with E-state index in [4.69, 9.17) is 16.0 Å². The Morgan fingerprint density at radius 3 is 2.48 bits per heavy atom. The molecule has 27 heavy (non-hydrogen) atoms. The third-order valence-corrected chi connectivity index (χ3v) is 5.39. The molecule has 2 amide bonds. The molecule has 3 aromatic rings. The van der Waals surface area contributed by atoms with E-state index < -0.39 is 0 Å². The van der Waals surface area contributed by atoms with Gasteiger partial charge < -0.3 is 4.42 Å². The van der Waals surface area contributed by atoms with Gasteiger partial charge in [0, 0.05) is 16.7 Å². The van der Waals surface area contributed by atoms with Crippen molar-refractivity contribution >= 4 is 40.6 Å². The fraction of sp³-hybridized carbons (Fsp3) is 0.0476. The minimum absolute atomic E-state index is 0.148. The number of benzene rings is 2. The Morgan fingerprint density at radius 1 is 0.963 bits per heavy atom. The van der Waals surface area contributed by atoms with Crippen molar-refractivity contribution < 1.29 is 14.0 Å². The molecular weight excluding hydrogens is 382 g/mol. The van der Waals surface area contributed by atoms with Crippen LogP contribution in [-0.4, -0.2) is 16.0 Å². The van der Waals surface area contributed by atoms with Gasteiger partial charge in [-0.25, -0.2) is 0 Å². The van der Waals surface area contributed by atoms with Crippen molar-refractivity contribution in [2.24, 2.45) is 0 Å². The first kappa shape index (κ1) is 17.6. The van der Waals surface area contributed by atoms with Crippen LogP contribution in [0.4, 0.5) is 4.79 Å². The van der Waals surface area contributed by atoms with Gasteiger partial charge in [0.15, 0.2) is 0 Å². The lowest BCUT2D eigenvalue weighted by Gasteiger charge is -2.13. The second-order valence-corrected chi connectivity index (χ2v) is 7.33. The minimum Gasteiger partial charge on any atom is -0.457 e. The first-order chi connectivity index (χ1) is 13.1. The van der Waals surface area contributed by atoms with Gasteiger partial charge in [-0.15, -0.1) is 0 Å². The Kier molecular flexibility index (Phi) is 4.88. The molecule has 1 aliphatic rings. The molecule has 0 spiro atoms. The van der Waals surface area contributed by atoms with Gasteiger partial charge in [-0.05, 0) is 35.5 Å². The maximum Gasteiger partial charge on any atom is 0.293 e. The van der Waals surface area contributed by atoms with E-state index in [0.717, 1.165) is 22.9 Å². The van der Waals surface area contributed by atoms with Crippen LogP contribution in [0.5, 0.6) is 0 Å². The zero-order valence-electron chi connectivity index (χ0n) is 14.1. The molecule has 4 rings (SSSR count). The van der Waals surface area contributed by atoms with E-state index in [2.05, 4.69) is 0 Å². The smallest absolute Gasteiger partial charge is 0.293 e. The van der Waals surface area contributed by atoms with Crippen LogP contribution in [0.1, 0.15) is 11.3 Å². The van der Waals surface area contributed by atoms with E-state index in [-0.39, 0.29) is 17.7 Å². The van der Waals surface area contributed by atoms with Crippen molar-refractivity contribution in [2.75, 3.05) is 0 Å². The quantitative estimate of drug-likeness (QED) is 0.521. The normalized spacial score (nSPS) is 15.7. The van der Waals surface area contributed by atoms with E-state index in [1.807, 2.05) is 42.5 Å². The second kappa shape index (κ2) is 7.47. The number of nitrogens with zero attached hydrogens (tertiary/aromatic N) is 1. The molecule has 2 heterocycles. The average molecular weight is 396 g/mol. The van der Waals surface area contributed by atoms with E-state index in [0.29, 0.717) is 21.4 Å². The number of thioether (sulfide) groups is 1. The van der Waals surface area contributed by atoms with Gasteiger partial charge in [-0.1, -0.05) is 60.1 Å². The average Bonchev–Trinajstić information content (AvgIpc) is 3.25. The number of furan rings is 1. The first-order valence-electron chi connectivity index (χ1n) is 8.26. The summed E-state index contributed by atoms with van der Waals surface area (Å²) >= 11 is 7.04. The first-order valence-corrected chi connectivity index (χ1v) is 9.45. The summed E-state index contributed by atoms with van der Waals surface area (Å²) in [4.78, 5) is 26.5. The van der Waals surface area contributed by atoms with Gasteiger partial charge >= 0.3 is 0 Å². The Balaban J connectivity index is 1.55. The summed E-state index contributed by atoms with van der Waals surface area (Å²) in [6.45, 7) is 0.148. The molecule has 2 aromatic carbocycles. The highest BCUT2D eigenvalue weighted by Crippen LogP contribution is 2.35. The van der Waals surface area contributed by atoms with Gasteiger partial charge in [0.25, 0.3) is 11.1 Å². The van der Waals surface area contributed by atoms with Crippen LogP contribution in [-0.2, 0) is 11.3 Å². The predicted molar refractivity (Wildman–Crippen MR) is 107 cm³/mol. The Morgan fingerprint density at radius 2 is 1.70 bits per heavy atom. The summed E-state index contributed by atoms with van der Waals surface area (Å²) in [7, 11) is 0. The van der Waals surface area contributed by atoms with Crippen LogP contribution in [0.15, 0.2) is 76.1 Å². The molecule has 0 bridgehead atoms. The van der Waals surface area contributed by atoms with Crippen LogP contribution in [0.3, 0.4) is 0 Å². The summed E-state index contributed by atoms with van der Waals surface area (Å²) in [5, 5.41) is 0.208. The van der Waals surface area contributed by atoms with Crippen molar-refractivity contribution in [2.45, 2.75) is 6.54 Å². The zero-order valence-corrected chi connectivity index (χ0v) is 15.7. The molecule has 1 saturated heterocycles. The second-order valence-electron chi connectivity index (χ2n) is 5.93. The number of hydrogen-bond acceptors (Lipinski definition) is 4. The molecule has 0 aliphatic carbocycles.